The number of benzene rings is 1. The third kappa shape index (κ3) is 3.27. The Morgan fingerprint density at radius 1 is 1.50 bits per heavy atom. The number of amidine groups is 1. The number of rotatable bonds is 4. The van der Waals surface area contributed by atoms with E-state index in [9.17, 15) is 4.79 Å². The van der Waals surface area contributed by atoms with Gasteiger partial charge in [0.25, 0.3) is 0 Å². The van der Waals surface area contributed by atoms with Crippen molar-refractivity contribution in [3.8, 4) is 0 Å². The first-order valence-electron chi connectivity index (χ1n) is 6.51. The molecule has 0 aliphatic carbocycles. The quantitative estimate of drug-likeness (QED) is 0.364. The fourth-order valence-corrected chi connectivity index (χ4v) is 2.28. The zero-order valence-electron chi connectivity index (χ0n) is 11.5. The molecular formula is C14H19N3O3. The summed E-state index contributed by atoms with van der Waals surface area (Å²) in [6.07, 6.45) is 1.40. The average molecular weight is 277 g/mol. The SMILES string of the molecule is COC1CCN(C(=O)Cc2ccc(/C(N)=N/O)cc2)C1. The van der Waals surface area contributed by atoms with Gasteiger partial charge in [-0.2, -0.15) is 0 Å². The molecule has 0 saturated carbocycles. The average Bonchev–Trinajstić information content (AvgIpc) is 2.96. The molecule has 1 heterocycles. The topological polar surface area (TPSA) is 88.2 Å². The van der Waals surface area contributed by atoms with Gasteiger partial charge in [-0.05, 0) is 12.0 Å². The number of hydrogen-bond acceptors (Lipinski definition) is 4. The molecule has 1 aromatic carbocycles. The number of oxime groups is 1. The molecule has 1 fully saturated rings. The third-order valence-corrected chi connectivity index (χ3v) is 3.54. The van der Waals surface area contributed by atoms with Crippen molar-refractivity contribution >= 4 is 11.7 Å². The lowest BCUT2D eigenvalue weighted by molar-refractivity contribution is -0.129. The van der Waals surface area contributed by atoms with Crippen molar-refractivity contribution in [3.63, 3.8) is 0 Å². The summed E-state index contributed by atoms with van der Waals surface area (Å²) in [6, 6.07) is 7.10. The summed E-state index contributed by atoms with van der Waals surface area (Å²) in [5, 5.41) is 11.5. The van der Waals surface area contributed by atoms with Crippen molar-refractivity contribution in [2.24, 2.45) is 10.9 Å². The molecule has 2 rings (SSSR count). The third-order valence-electron chi connectivity index (χ3n) is 3.54. The second-order valence-corrected chi connectivity index (χ2v) is 4.85. The van der Waals surface area contributed by atoms with E-state index in [0.717, 1.165) is 18.5 Å². The highest BCUT2D eigenvalue weighted by molar-refractivity contribution is 5.97. The van der Waals surface area contributed by atoms with Gasteiger partial charge in [-0.25, -0.2) is 0 Å². The highest BCUT2D eigenvalue weighted by Gasteiger charge is 2.25. The molecule has 0 spiro atoms. The lowest BCUT2D eigenvalue weighted by Crippen LogP contribution is -2.31. The Labute approximate surface area is 117 Å². The minimum absolute atomic E-state index is 0.0605. The maximum Gasteiger partial charge on any atom is 0.227 e. The highest BCUT2D eigenvalue weighted by Crippen LogP contribution is 2.14. The molecule has 0 radical (unpaired) electrons. The van der Waals surface area contributed by atoms with Crippen molar-refractivity contribution in [2.75, 3.05) is 20.2 Å². The van der Waals surface area contributed by atoms with Gasteiger partial charge in [0.15, 0.2) is 5.84 Å². The Morgan fingerprint density at radius 3 is 2.75 bits per heavy atom. The van der Waals surface area contributed by atoms with Crippen LogP contribution in [0.5, 0.6) is 0 Å². The van der Waals surface area contributed by atoms with E-state index in [1.54, 1.807) is 19.2 Å². The first-order valence-corrected chi connectivity index (χ1v) is 6.51. The van der Waals surface area contributed by atoms with Gasteiger partial charge in [-0.1, -0.05) is 29.4 Å². The molecule has 1 aliphatic heterocycles. The molecule has 1 atom stereocenters. The Bertz CT molecular complexity index is 499. The van der Waals surface area contributed by atoms with Crippen molar-refractivity contribution in [3.05, 3.63) is 35.4 Å². The van der Waals surface area contributed by atoms with E-state index in [1.807, 2.05) is 17.0 Å². The summed E-state index contributed by atoms with van der Waals surface area (Å²) >= 11 is 0. The summed E-state index contributed by atoms with van der Waals surface area (Å²) < 4.78 is 5.25. The predicted molar refractivity (Wildman–Crippen MR) is 74.7 cm³/mol. The van der Waals surface area contributed by atoms with Gasteiger partial charge in [-0.3, -0.25) is 4.79 Å². The lowest BCUT2D eigenvalue weighted by atomic mass is 10.1. The Hall–Kier alpha value is -2.08. The molecule has 20 heavy (non-hydrogen) atoms. The van der Waals surface area contributed by atoms with E-state index < -0.39 is 0 Å². The molecule has 0 bridgehead atoms. The Kier molecular flexibility index (Phi) is 4.57. The number of nitrogens with two attached hydrogens (primary N) is 1. The number of carbonyl (C=O) groups excluding carboxylic acids is 1. The number of nitrogens with zero attached hydrogens (tertiary/aromatic N) is 2. The molecule has 108 valence electrons. The maximum absolute atomic E-state index is 12.1. The van der Waals surface area contributed by atoms with Crippen molar-refractivity contribution in [1.29, 1.82) is 0 Å². The maximum atomic E-state index is 12.1. The van der Waals surface area contributed by atoms with Crippen LogP contribution in [0, 0.1) is 0 Å². The minimum Gasteiger partial charge on any atom is -0.409 e. The number of ether oxygens (including phenoxy) is 1. The Balaban J connectivity index is 1.95. The molecule has 1 aromatic rings. The summed E-state index contributed by atoms with van der Waals surface area (Å²) in [5.41, 5.74) is 7.02. The van der Waals surface area contributed by atoms with Crippen LogP contribution in [0.3, 0.4) is 0 Å². The van der Waals surface area contributed by atoms with Crippen LogP contribution in [-0.4, -0.2) is 48.2 Å². The highest BCUT2D eigenvalue weighted by atomic mass is 16.5. The van der Waals surface area contributed by atoms with Crippen LogP contribution in [0.15, 0.2) is 29.4 Å². The number of carbonyl (C=O) groups is 1. The predicted octanol–water partition coefficient (Wildman–Crippen LogP) is 0.571. The van der Waals surface area contributed by atoms with Crippen molar-refractivity contribution in [2.45, 2.75) is 18.9 Å². The van der Waals surface area contributed by atoms with Crippen LogP contribution in [0.4, 0.5) is 0 Å². The van der Waals surface area contributed by atoms with E-state index in [4.69, 9.17) is 15.7 Å². The first-order chi connectivity index (χ1) is 9.63. The smallest absolute Gasteiger partial charge is 0.227 e. The minimum atomic E-state index is 0.0605. The molecule has 6 heteroatoms. The molecule has 6 nitrogen and oxygen atoms in total. The summed E-state index contributed by atoms with van der Waals surface area (Å²) in [5.74, 6) is 0.159. The van der Waals surface area contributed by atoms with Gasteiger partial charge in [0.2, 0.25) is 5.91 Å². The first kappa shape index (κ1) is 14.3. The van der Waals surface area contributed by atoms with Crippen LogP contribution in [0.1, 0.15) is 17.5 Å². The molecule has 3 N–H and O–H groups in total. The molecule has 1 saturated heterocycles. The van der Waals surface area contributed by atoms with Crippen LogP contribution in [0.2, 0.25) is 0 Å². The fraction of sp³-hybridized carbons (Fsp3) is 0.429. The summed E-state index contributed by atoms with van der Waals surface area (Å²) in [6.45, 7) is 1.41. The number of hydrogen-bond donors (Lipinski definition) is 2. The van der Waals surface area contributed by atoms with Gasteiger partial charge in [0.05, 0.1) is 12.5 Å². The molecule has 1 unspecified atom stereocenters. The molecular weight excluding hydrogens is 258 g/mol. The second-order valence-electron chi connectivity index (χ2n) is 4.85. The van der Waals surface area contributed by atoms with Crippen LogP contribution < -0.4 is 5.73 Å². The second kappa shape index (κ2) is 6.38. The van der Waals surface area contributed by atoms with E-state index in [0.29, 0.717) is 18.5 Å². The van der Waals surface area contributed by atoms with Gasteiger partial charge in [0.1, 0.15) is 0 Å². The van der Waals surface area contributed by atoms with Gasteiger partial charge in [0, 0.05) is 25.8 Å². The number of likely N-dealkylation sites (tertiary alicyclic amines) is 1. The monoisotopic (exact) mass is 277 g/mol. The van der Waals surface area contributed by atoms with Crippen LogP contribution in [0.25, 0.3) is 0 Å². The van der Waals surface area contributed by atoms with Gasteiger partial charge in [-0.15, -0.1) is 0 Å². The zero-order chi connectivity index (χ0) is 14.5. The fourth-order valence-electron chi connectivity index (χ4n) is 2.28. The van der Waals surface area contributed by atoms with Gasteiger partial charge >= 0.3 is 0 Å². The number of methoxy groups -OCH3 is 1. The molecule has 1 aliphatic rings. The van der Waals surface area contributed by atoms with E-state index in [1.165, 1.54) is 0 Å². The summed E-state index contributed by atoms with van der Waals surface area (Å²) in [4.78, 5) is 14.0. The van der Waals surface area contributed by atoms with Crippen LogP contribution in [-0.2, 0) is 16.0 Å². The normalized spacial score (nSPS) is 19.4. The van der Waals surface area contributed by atoms with Crippen molar-refractivity contribution < 1.29 is 14.7 Å². The van der Waals surface area contributed by atoms with E-state index in [-0.39, 0.29) is 17.8 Å². The molecule has 0 aromatic heterocycles. The van der Waals surface area contributed by atoms with Crippen molar-refractivity contribution in [1.82, 2.24) is 4.90 Å². The van der Waals surface area contributed by atoms with Crippen LogP contribution >= 0.6 is 0 Å². The lowest BCUT2D eigenvalue weighted by Gasteiger charge is -2.16. The van der Waals surface area contributed by atoms with E-state index >= 15 is 0 Å². The van der Waals surface area contributed by atoms with E-state index in [2.05, 4.69) is 5.16 Å². The Morgan fingerprint density at radius 2 is 2.20 bits per heavy atom. The summed E-state index contributed by atoms with van der Waals surface area (Å²) in [7, 11) is 1.67. The van der Waals surface area contributed by atoms with Gasteiger partial charge < -0.3 is 20.6 Å². The standard InChI is InChI=1S/C14H19N3O3/c1-20-12-6-7-17(9-12)13(18)8-10-2-4-11(5-3-10)14(15)16-19/h2-5,12,19H,6-9H2,1H3,(H2,15,16). The number of amides is 1. The molecule has 1 amide bonds. The zero-order valence-corrected chi connectivity index (χ0v) is 11.5. The largest absolute Gasteiger partial charge is 0.409 e.